The summed E-state index contributed by atoms with van der Waals surface area (Å²) >= 11 is 12.5. The molecule has 13 heteroatoms. The number of pyridine rings is 1. The van der Waals surface area contributed by atoms with Crippen LogP contribution in [0.3, 0.4) is 0 Å². The molecule has 1 aliphatic rings. The fourth-order valence-electron chi connectivity index (χ4n) is 5.99. The highest BCUT2D eigenvalue weighted by Gasteiger charge is 2.45. The number of carbonyl (C=O) groups is 1. The van der Waals surface area contributed by atoms with Crippen LogP contribution < -0.4 is 10.1 Å². The van der Waals surface area contributed by atoms with Crippen molar-refractivity contribution in [3.8, 4) is 5.88 Å². The summed E-state index contributed by atoms with van der Waals surface area (Å²) < 4.78 is 64.1. The number of alkyl halides is 2. The van der Waals surface area contributed by atoms with Crippen LogP contribution in [0.5, 0.6) is 5.88 Å². The lowest BCUT2D eigenvalue weighted by molar-refractivity contribution is -0.140. The van der Waals surface area contributed by atoms with Crippen molar-refractivity contribution in [2.75, 3.05) is 32.1 Å². The second kappa shape index (κ2) is 16.0. The van der Waals surface area contributed by atoms with Crippen LogP contribution in [0.25, 0.3) is 10.9 Å². The van der Waals surface area contributed by atoms with Crippen LogP contribution in [-0.4, -0.2) is 61.8 Å². The standard InChI is InChI=1S/C36H39Cl2F2N3O5S/c1-36(39,40)49(45,46)43-19-17-29(18-20-43)41-32-23-33(48-21-5-3-4-6-34(44)47-2)42-31-16-11-26(22-30(31)32)35(24-7-12-27(37)13-8-24)25-9-14-28(38)15-10-25/h7-16,22-23,29,35H,3-6,17-21H2,1-2H3,(H,41,42). The van der Waals surface area contributed by atoms with Crippen LogP contribution in [-0.2, 0) is 19.6 Å². The molecule has 0 amide bonds. The Hall–Kier alpha value is -3.51. The van der Waals surface area contributed by atoms with E-state index in [2.05, 4.69) is 11.4 Å². The molecule has 0 aliphatic carbocycles. The minimum absolute atomic E-state index is 0.0260. The highest BCUT2D eigenvalue weighted by molar-refractivity contribution is 7.90. The van der Waals surface area contributed by atoms with Crippen LogP contribution in [0, 0.1) is 0 Å². The van der Waals surface area contributed by atoms with Gasteiger partial charge < -0.3 is 14.8 Å². The molecule has 1 saturated heterocycles. The van der Waals surface area contributed by atoms with E-state index in [0.29, 0.717) is 60.7 Å². The second-order valence-corrected chi connectivity index (χ2v) is 15.2. The van der Waals surface area contributed by atoms with Crippen molar-refractivity contribution in [2.24, 2.45) is 0 Å². The van der Waals surface area contributed by atoms with Crippen molar-refractivity contribution in [2.45, 2.75) is 62.7 Å². The number of esters is 1. The number of hydrogen-bond donors (Lipinski definition) is 1. The number of nitrogens with zero attached hydrogens (tertiary/aromatic N) is 2. The molecule has 8 nitrogen and oxygen atoms in total. The summed E-state index contributed by atoms with van der Waals surface area (Å²) in [6.45, 7) is 0.757. The minimum atomic E-state index is -4.73. The van der Waals surface area contributed by atoms with Crippen molar-refractivity contribution >= 4 is 55.8 Å². The van der Waals surface area contributed by atoms with Gasteiger partial charge in [0.05, 0.1) is 19.2 Å². The lowest BCUT2D eigenvalue weighted by Crippen LogP contribution is -2.47. The fourth-order valence-corrected chi connectivity index (χ4v) is 7.39. The molecule has 4 aromatic rings. The molecule has 49 heavy (non-hydrogen) atoms. The van der Waals surface area contributed by atoms with Crippen LogP contribution in [0.2, 0.25) is 10.0 Å². The Morgan fingerprint density at radius 2 is 1.53 bits per heavy atom. The average Bonchev–Trinajstić information content (AvgIpc) is 3.08. The van der Waals surface area contributed by atoms with Crippen molar-refractivity contribution in [1.29, 1.82) is 0 Å². The smallest absolute Gasteiger partial charge is 0.356 e. The van der Waals surface area contributed by atoms with Gasteiger partial charge in [0.2, 0.25) is 5.88 Å². The summed E-state index contributed by atoms with van der Waals surface area (Å²) in [7, 11) is -3.36. The van der Waals surface area contributed by atoms with Crippen LogP contribution >= 0.6 is 23.2 Å². The van der Waals surface area contributed by atoms with E-state index in [9.17, 15) is 22.0 Å². The number of nitrogens with one attached hydrogen (secondary N) is 1. The third-order valence-electron chi connectivity index (χ3n) is 8.66. The van der Waals surface area contributed by atoms with Gasteiger partial charge in [-0.05, 0) is 85.2 Å². The fraction of sp³-hybridized carbons (Fsp3) is 0.389. The first-order chi connectivity index (χ1) is 23.4. The predicted molar refractivity (Wildman–Crippen MR) is 189 cm³/mol. The number of aromatic nitrogens is 1. The average molecular weight is 735 g/mol. The van der Waals surface area contributed by atoms with E-state index >= 15 is 0 Å². The maximum absolute atomic E-state index is 13.9. The number of rotatable bonds is 14. The first kappa shape index (κ1) is 36.8. The van der Waals surface area contributed by atoms with Crippen LogP contribution in [0.4, 0.5) is 14.5 Å². The van der Waals surface area contributed by atoms with Gasteiger partial charge >= 0.3 is 11.2 Å². The van der Waals surface area contributed by atoms with Gasteiger partial charge in [-0.1, -0.05) is 53.5 Å². The van der Waals surface area contributed by atoms with Gasteiger partial charge in [-0.2, -0.15) is 13.1 Å². The molecule has 5 rings (SSSR count). The molecule has 0 unspecified atom stereocenters. The Balaban J connectivity index is 1.45. The van der Waals surface area contributed by atoms with E-state index in [-0.39, 0.29) is 31.0 Å². The van der Waals surface area contributed by atoms with E-state index < -0.39 is 15.3 Å². The summed E-state index contributed by atoms with van der Waals surface area (Å²) in [6, 6.07) is 23.1. The number of anilines is 1. The highest BCUT2D eigenvalue weighted by Crippen LogP contribution is 2.37. The van der Waals surface area contributed by atoms with E-state index in [1.807, 2.05) is 66.7 Å². The Morgan fingerprint density at radius 1 is 0.939 bits per heavy atom. The Kier molecular flexibility index (Phi) is 12.0. The predicted octanol–water partition coefficient (Wildman–Crippen LogP) is 8.65. The minimum Gasteiger partial charge on any atom is -0.478 e. The summed E-state index contributed by atoms with van der Waals surface area (Å²) in [5.74, 6) is 0.0126. The molecule has 1 aliphatic heterocycles. The largest absolute Gasteiger partial charge is 0.478 e. The van der Waals surface area contributed by atoms with Gasteiger partial charge in [0.1, 0.15) is 0 Å². The summed E-state index contributed by atoms with van der Waals surface area (Å²) in [6.07, 6.45) is 3.23. The van der Waals surface area contributed by atoms with Crippen molar-refractivity contribution in [3.05, 3.63) is 99.5 Å². The van der Waals surface area contributed by atoms with Gasteiger partial charge in [-0.3, -0.25) is 4.79 Å². The highest BCUT2D eigenvalue weighted by atomic mass is 35.5. The Bertz CT molecular complexity index is 1800. The maximum atomic E-state index is 13.9. The SMILES string of the molecule is COC(=O)CCCCCOc1cc(NC2CCN(S(=O)(=O)C(C)(F)F)CC2)c2cc(C(c3ccc(Cl)cc3)c3ccc(Cl)cc3)ccc2n1. The van der Waals surface area contributed by atoms with Gasteiger partial charge in [-0.25, -0.2) is 13.4 Å². The van der Waals surface area contributed by atoms with Gasteiger partial charge in [-0.15, -0.1) is 0 Å². The van der Waals surface area contributed by atoms with Crippen molar-refractivity contribution in [1.82, 2.24) is 9.29 Å². The zero-order valence-electron chi connectivity index (χ0n) is 27.3. The van der Waals surface area contributed by atoms with E-state index in [1.54, 1.807) is 0 Å². The number of sulfonamides is 1. The lowest BCUT2D eigenvalue weighted by atomic mass is 9.84. The summed E-state index contributed by atoms with van der Waals surface area (Å²) in [5.41, 5.74) is 4.48. The summed E-state index contributed by atoms with van der Waals surface area (Å²) in [5, 5.41) is 1.79. The Labute approximate surface area is 295 Å². The van der Waals surface area contributed by atoms with Crippen LogP contribution in [0.15, 0.2) is 72.8 Å². The molecule has 0 radical (unpaired) electrons. The first-order valence-electron chi connectivity index (χ1n) is 16.1. The normalized spacial score (nSPS) is 14.7. The van der Waals surface area contributed by atoms with Gasteiger partial charge in [0.15, 0.2) is 0 Å². The molecule has 0 bridgehead atoms. The number of hydrogen-bond acceptors (Lipinski definition) is 7. The lowest BCUT2D eigenvalue weighted by Gasteiger charge is -2.33. The zero-order valence-corrected chi connectivity index (χ0v) is 29.6. The molecule has 0 spiro atoms. The molecule has 1 fully saturated rings. The van der Waals surface area contributed by atoms with E-state index in [4.69, 9.17) is 37.7 Å². The number of benzene rings is 3. The molecule has 0 saturated carbocycles. The van der Waals surface area contributed by atoms with Gasteiger partial charge in [0.25, 0.3) is 10.0 Å². The molecule has 0 atom stereocenters. The van der Waals surface area contributed by atoms with Crippen molar-refractivity contribution in [3.63, 3.8) is 0 Å². The Morgan fingerprint density at radius 3 is 2.10 bits per heavy atom. The van der Waals surface area contributed by atoms with Crippen LogP contribution in [0.1, 0.15) is 68.1 Å². The molecule has 3 aromatic carbocycles. The van der Waals surface area contributed by atoms with E-state index in [0.717, 1.165) is 44.9 Å². The number of ether oxygens (including phenoxy) is 2. The molecule has 2 heterocycles. The summed E-state index contributed by atoms with van der Waals surface area (Å²) in [4.78, 5) is 16.2. The van der Waals surface area contributed by atoms with E-state index in [1.165, 1.54) is 7.11 Å². The third-order valence-corrected chi connectivity index (χ3v) is 11.1. The number of halogens is 4. The number of piperidine rings is 1. The molecular weight excluding hydrogens is 695 g/mol. The number of methoxy groups -OCH3 is 1. The number of carbonyl (C=O) groups excluding carboxylic acids is 1. The van der Waals surface area contributed by atoms with Gasteiger partial charge in [0, 0.05) is 65.6 Å². The monoisotopic (exact) mass is 733 g/mol. The quantitative estimate of drug-likeness (QED) is 0.0787. The third kappa shape index (κ3) is 9.19. The number of unbranched alkanes of at least 4 members (excludes halogenated alkanes) is 2. The topological polar surface area (TPSA) is 97.8 Å². The number of fused-ring (bicyclic) bond motifs is 1. The van der Waals surface area contributed by atoms with Crippen molar-refractivity contribution < 1.29 is 31.5 Å². The zero-order chi connectivity index (χ0) is 35.2. The molecular formula is C36H39Cl2F2N3O5S. The maximum Gasteiger partial charge on any atom is 0.356 e. The molecule has 1 N–H and O–H groups in total. The molecule has 262 valence electrons. The first-order valence-corrected chi connectivity index (χ1v) is 18.3. The second-order valence-electron chi connectivity index (χ2n) is 12.2. The molecule has 1 aromatic heterocycles.